The molecular weight excluding hydrogens is 304 g/mol. The molecule has 1 aliphatic heterocycles. The quantitative estimate of drug-likeness (QED) is 0.758. The number of pyridine rings is 1. The summed E-state index contributed by atoms with van der Waals surface area (Å²) in [5.74, 6) is 0.0198. The zero-order valence-corrected chi connectivity index (χ0v) is 12.9. The van der Waals surface area contributed by atoms with Crippen molar-refractivity contribution in [3.8, 4) is 0 Å². The van der Waals surface area contributed by atoms with Crippen molar-refractivity contribution >= 4 is 45.3 Å². The van der Waals surface area contributed by atoms with E-state index in [1.807, 2.05) is 30.6 Å². The number of fused-ring (bicyclic) bond motifs is 3. The van der Waals surface area contributed by atoms with E-state index >= 15 is 0 Å². The van der Waals surface area contributed by atoms with Crippen molar-refractivity contribution in [3.05, 3.63) is 36.0 Å². The van der Waals surface area contributed by atoms with Gasteiger partial charge in [-0.05, 0) is 23.3 Å². The van der Waals surface area contributed by atoms with Crippen LogP contribution >= 0.6 is 0 Å². The van der Waals surface area contributed by atoms with Gasteiger partial charge in [0.2, 0.25) is 5.91 Å². The number of rotatable bonds is 4. The molecule has 7 nitrogen and oxygen atoms in total. The lowest BCUT2D eigenvalue weighted by atomic mass is 10.0. The molecule has 0 saturated heterocycles. The molecule has 4 rings (SSSR count). The Morgan fingerprint density at radius 3 is 2.92 bits per heavy atom. The maximum atomic E-state index is 11.0. The monoisotopic (exact) mass is 320 g/mol. The molecule has 4 N–H and O–H groups in total. The van der Waals surface area contributed by atoms with Crippen LogP contribution in [-0.2, 0) is 11.3 Å². The predicted molar refractivity (Wildman–Crippen MR) is 94.6 cm³/mol. The molecule has 0 radical (unpaired) electrons. The molecule has 0 aliphatic carbocycles. The Bertz CT molecular complexity index is 1030. The zero-order valence-electron chi connectivity index (χ0n) is 12.9. The van der Waals surface area contributed by atoms with Crippen molar-refractivity contribution < 1.29 is 4.79 Å². The summed E-state index contributed by atoms with van der Waals surface area (Å²) < 4.78 is 1.69. The van der Waals surface area contributed by atoms with E-state index in [-0.39, 0.29) is 12.3 Å². The SMILES string of the molecule is NC(=O)CCn1cc2c(n1)c(N)nc1cc(C3=CC=NC3)ccc12. The average molecular weight is 320 g/mol. The minimum Gasteiger partial charge on any atom is -0.382 e. The van der Waals surface area contributed by atoms with E-state index in [0.29, 0.717) is 24.4 Å². The van der Waals surface area contributed by atoms with Gasteiger partial charge in [-0.25, -0.2) is 4.98 Å². The minimum atomic E-state index is -0.359. The zero-order chi connectivity index (χ0) is 16.7. The largest absolute Gasteiger partial charge is 0.382 e. The summed E-state index contributed by atoms with van der Waals surface area (Å²) in [6, 6.07) is 6.10. The average Bonchev–Trinajstić information content (AvgIpc) is 3.22. The first-order chi connectivity index (χ1) is 11.6. The molecule has 1 aromatic carbocycles. The maximum Gasteiger partial charge on any atom is 0.219 e. The second-order valence-corrected chi connectivity index (χ2v) is 5.78. The van der Waals surface area contributed by atoms with E-state index in [1.165, 1.54) is 0 Å². The Morgan fingerprint density at radius 2 is 2.17 bits per heavy atom. The fourth-order valence-electron chi connectivity index (χ4n) is 2.92. The van der Waals surface area contributed by atoms with Crippen molar-refractivity contribution in [1.29, 1.82) is 0 Å². The molecule has 1 amide bonds. The van der Waals surface area contributed by atoms with Gasteiger partial charge < -0.3 is 11.5 Å². The van der Waals surface area contributed by atoms with Crippen molar-refractivity contribution in [1.82, 2.24) is 14.8 Å². The summed E-state index contributed by atoms with van der Waals surface area (Å²) in [6.07, 6.45) is 5.94. The summed E-state index contributed by atoms with van der Waals surface area (Å²) >= 11 is 0. The fraction of sp³-hybridized carbons (Fsp3) is 0.176. The summed E-state index contributed by atoms with van der Waals surface area (Å²) in [7, 11) is 0. The first-order valence-electron chi connectivity index (χ1n) is 7.66. The van der Waals surface area contributed by atoms with E-state index in [2.05, 4.69) is 21.1 Å². The van der Waals surface area contributed by atoms with Crippen LogP contribution in [0.4, 0.5) is 5.82 Å². The van der Waals surface area contributed by atoms with Crippen molar-refractivity contribution in [2.75, 3.05) is 12.3 Å². The van der Waals surface area contributed by atoms with E-state index in [9.17, 15) is 4.79 Å². The Balaban J connectivity index is 1.82. The van der Waals surface area contributed by atoms with Gasteiger partial charge in [-0.15, -0.1) is 0 Å². The van der Waals surface area contributed by atoms with Crippen LogP contribution in [0.3, 0.4) is 0 Å². The molecule has 0 spiro atoms. The number of carbonyl (C=O) groups is 1. The van der Waals surface area contributed by atoms with Gasteiger partial charge in [0.25, 0.3) is 0 Å². The summed E-state index contributed by atoms with van der Waals surface area (Å²) in [4.78, 5) is 19.7. The van der Waals surface area contributed by atoms with Crippen LogP contribution in [-0.4, -0.2) is 33.4 Å². The van der Waals surface area contributed by atoms with Crippen molar-refractivity contribution in [2.24, 2.45) is 10.7 Å². The molecule has 120 valence electrons. The van der Waals surface area contributed by atoms with Gasteiger partial charge in [0.05, 0.1) is 12.1 Å². The van der Waals surface area contributed by atoms with Crippen LogP contribution in [0.5, 0.6) is 0 Å². The molecule has 3 aromatic rings. The molecule has 0 unspecified atom stereocenters. The third kappa shape index (κ3) is 2.40. The Labute approximate surface area is 137 Å². The van der Waals surface area contributed by atoms with Crippen LogP contribution in [0.1, 0.15) is 12.0 Å². The number of nitrogens with zero attached hydrogens (tertiary/aromatic N) is 4. The van der Waals surface area contributed by atoms with Gasteiger partial charge in [0.15, 0.2) is 5.82 Å². The number of benzene rings is 1. The molecule has 2 aromatic heterocycles. The van der Waals surface area contributed by atoms with Crippen LogP contribution in [0, 0.1) is 0 Å². The van der Waals surface area contributed by atoms with E-state index in [0.717, 1.165) is 27.4 Å². The topological polar surface area (TPSA) is 112 Å². The van der Waals surface area contributed by atoms with Gasteiger partial charge in [0, 0.05) is 36.1 Å². The highest BCUT2D eigenvalue weighted by Gasteiger charge is 2.13. The molecule has 0 bridgehead atoms. The Morgan fingerprint density at radius 1 is 1.29 bits per heavy atom. The molecular formula is C17H16N6O. The summed E-state index contributed by atoms with van der Waals surface area (Å²) in [5, 5.41) is 6.33. The van der Waals surface area contributed by atoms with Crippen LogP contribution in [0.25, 0.3) is 27.4 Å². The number of amides is 1. The third-order valence-electron chi connectivity index (χ3n) is 4.13. The van der Waals surface area contributed by atoms with Crippen LogP contribution in [0.15, 0.2) is 35.5 Å². The second-order valence-electron chi connectivity index (χ2n) is 5.78. The van der Waals surface area contributed by atoms with Crippen molar-refractivity contribution in [3.63, 3.8) is 0 Å². The highest BCUT2D eigenvalue weighted by Crippen LogP contribution is 2.29. The number of anilines is 1. The number of primary amides is 1. The second kappa shape index (κ2) is 5.45. The van der Waals surface area contributed by atoms with Gasteiger partial charge in [-0.2, -0.15) is 5.10 Å². The maximum absolute atomic E-state index is 11.0. The van der Waals surface area contributed by atoms with Crippen LogP contribution < -0.4 is 11.5 Å². The number of aliphatic imine (C=N–C) groups is 1. The van der Waals surface area contributed by atoms with Gasteiger partial charge in [-0.3, -0.25) is 14.5 Å². The molecule has 1 aliphatic rings. The van der Waals surface area contributed by atoms with Gasteiger partial charge >= 0.3 is 0 Å². The molecule has 0 fully saturated rings. The predicted octanol–water partition coefficient (Wildman–Crippen LogP) is 1.51. The lowest BCUT2D eigenvalue weighted by Gasteiger charge is -2.05. The smallest absolute Gasteiger partial charge is 0.219 e. The number of hydrogen-bond acceptors (Lipinski definition) is 5. The van der Waals surface area contributed by atoms with E-state index < -0.39 is 0 Å². The number of nitrogens with two attached hydrogens (primary N) is 2. The summed E-state index contributed by atoms with van der Waals surface area (Å²) in [6.45, 7) is 1.11. The highest BCUT2D eigenvalue weighted by molar-refractivity contribution is 6.08. The number of hydrogen-bond donors (Lipinski definition) is 2. The molecule has 24 heavy (non-hydrogen) atoms. The molecule has 0 saturated carbocycles. The normalized spacial score (nSPS) is 13.8. The van der Waals surface area contributed by atoms with Crippen molar-refractivity contribution in [2.45, 2.75) is 13.0 Å². The van der Waals surface area contributed by atoms with Gasteiger partial charge in [-0.1, -0.05) is 12.1 Å². The fourth-order valence-corrected chi connectivity index (χ4v) is 2.92. The van der Waals surface area contributed by atoms with Crippen LogP contribution in [0.2, 0.25) is 0 Å². The highest BCUT2D eigenvalue weighted by atomic mass is 16.1. The lowest BCUT2D eigenvalue weighted by molar-refractivity contribution is -0.118. The first kappa shape index (κ1) is 14.4. The number of allylic oxidation sites excluding steroid dienone is 1. The van der Waals surface area contributed by atoms with E-state index in [4.69, 9.17) is 11.5 Å². The Kier molecular flexibility index (Phi) is 3.26. The first-order valence-corrected chi connectivity index (χ1v) is 7.66. The standard InChI is InChI=1S/C17H16N6O/c18-15(24)4-6-23-9-13-12-2-1-10(11-3-5-20-8-11)7-14(12)21-17(19)16(13)22-23/h1-3,5,7,9H,4,6,8H2,(H2,18,24)(H2,19,21). The molecule has 3 heterocycles. The Hall–Kier alpha value is -3.22. The number of aryl methyl sites for hydroxylation is 1. The minimum absolute atomic E-state index is 0.234. The van der Waals surface area contributed by atoms with E-state index in [1.54, 1.807) is 4.68 Å². The van der Waals surface area contributed by atoms with Gasteiger partial charge in [0.1, 0.15) is 5.52 Å². The number of carbonyl (C=O) groups excluding carboxylic acids is 1. The number of nitrogen functional groups attached to an aromatic ring is 1. The number of aromatic nitrogens is 3. The lowest BCUT2D eigenvalue weighted by Crippen LogP contribution is -2.14. The summed E-state index contributed by atoms with van der Waals surface area (Å²) in [5.41, 5.74) is 15.0. The third-order valence-corrected chi connectivity index (χ3v) is 4.13. The molecule has 7 heteroatoms. The molecule has 0 atom stereocenters.